The van der Waals surface area contributed by atoms with E-state index in [0.29, 0.717) is 12.3 Å². The summed E-state index contributed by atoms with van der Waals surface area (Å²) in [6, 6.07) is 11.8. The Labute approximate surface area is 112 Å². The van der Waals surface area contributed by atoms with Crippen LogP contribution in [-0.2, 0) is 16.1 Å². The number of hydrogen-bond acceptors (Lipinski definition) is 4. The number of carbonyl (C=O) groups is 1. The molecule has 100 valence electrons. The molecule has 0 aliphatic heterocycles. The van der Waals surface area contributed by atoms with Crippen molar-refractivity contribution < 1.29 is 14.4 Å². The van der Waals surface area contributed by atoms with Crippen molar-refractivity contribution in [2.75, 3.05) is 13.7 Å². The number of benzene rings is 2. The van der Waals surface area contributed by atoms with Crippen molar-refractivity contribution in [3.63, 3.8) is 0 Å². The third-order valence-corrected chi connectivity index (χ3v) is 2.87. The van der Waals surface area contributed by atoms with E-state index in [9.17, 15) is 4.79 Å². The maximum absolute atomic E-state index is 11.7. The first-order valence-corrected chi connectivity index (χ1v) is 6.23. The molecular formula is C15H17NO3. The molecule has 0 aliphatic carbocycles. The number of hydroxylamine groups is 1. The number of rotatable bonds is 5. The fraction of sp³-hybridized carbons (Fsp3) is 0.267. The topological polar surface area (TPSA) is 47.6 Å². The summed E-state index contributed by atoms with van der Waals surface area (Å²) < 4.78 is 5.33. The smallest absolute Gasteiger partial charge is 0.329 e. The Balaban J connectivity index is 2.36. The molecular weight excluding hydrogens is 242 g/mol. The van der Waals surface area contributed by atoms with Gasteiger partial charge in [-0.1, -0.05) is 30.3 Å². The molecule has 0 amide bonds. The van der Waals surface area contributed by atoms with Gasteiger partial charge in [0.15, 0.2) is 0 Å². The van der Waals surface area contributed by atoms with E-state index >= 15 is 0 Å². The maximum atomic E-state index is 11.7. The van der Waals surface area contributed by atoms with Crippen LogP contribution in [0.1, 0.15) is 12.5 Å². The highest BCUT2D eigenvalue weighted by atomic mass is 16.7. The SMILES string of the molecule is CCNOC(=O)Cc1c(OC)ccc2ccccc12. The van der Waals surface area contributed by atoms with Crippen LogP contribution in [0, 0.1) is 0 Å². The molecule has 4 nitrogen and oxygen atoms in total. The predicted octanol–water partition coefficient (Wildman–Crippen LogP) is 2.46. The third kappa shape index (κ3) is 3.03. The Hall–Kier alpha value is -2.07. The molecule has 0 heterocycles. The van der Waals surface area contributed by atoms with E-state index in [0.717, 1.165) is 16.3 Å². The van der Waals surface area contributed by atoms with E-state index in [-0.39, 0.29) is 12.4 Å². The van der Waals surface area contributed by atoms with Gasteiger partial charge in [-0.25, -0.2) is 0 Å². The molecule has 0 aliphatic rings. The predicted molar refractivity (Wildman–Crippen MR) is 74.0 cm³/mol. The lowest BCUT2D eigenvalue weighted by Crippen LogP contribution is -2.21. The molecule has 2 aromatic carbocycles. The lowest BCUT2D eigenvalue weighted by atomic mass is 10.0. The Kier molecular flexibility index (Phi) is 4.36. The summed E-state index contributed by atoms with van der Waals surface area (Å²) in [7, 11) is 1.60. The number of fused-ring (bicyclic) bond motifs is 1. The van der Waals surface area contributed by atoms with E-state index in [4.69, 9.17) is 9.57 Å². The van der Waals surface area contributed by atoms with Gasteiger partial charge in [-0.05, 0) is 23.8 Å². The van der Waals surface area contributed by atoms with E-state index in [2.05, 4.69) is 5.48 Å². The lowest BCUT2D eigenvalue weighted by Gasteiger charge is -2.11. The molecule has 0 bridgehead atoms. The molecule has 0 atom stereocenters. The molecule has 0 radical (unpaired) electrons. The van der Waals surface area contributed by atoms with Gasteiger partial charge in [0, 0.05) is 12.1 Å². The zero-order valence-corrected chi connectivity index (χ0v) is 11.1. The fourth-order valence-electron chi connectivity index (χ4n) is 2.02. The van der Waals surface area contributed by atoms with Gasteiger partial charge in [0.25, 0.3) is 0 Å². The van der Waals surface area contributed by atoms with Crippen LogP contribution in [0.3, 0.4) is 0 Å². The zero-order chi connectivity index (χ0) is 13.7. The molecule has 2 rings (SSSR count). The van der Waals surface area contributed by atoms with E-state index in [1.54, 1.807) is 7.11 Å². The van der Waals surface area contributed by atoms with Crippen LogP contribution in [0.4, 0.5) is 0 Å². The molecule has 4 heteroatoms. The number of hydrogen-bond donors (Lipinski definition) is 1. The van der Waals surface area contributed by atoms with Crippen LogP contribution < -0.4 is 10.2 Å². The molecule has 1 N–H and O–H groups in total. The second-order valence-electron chi connectivity index (χ2n) is 4.12. The van der Waals surface area contributed by atoms with Crippen molar-refractivity contribution >= 4 is 16.7 Å². The largest absolute Gasteiger partial charge is 0.496 e. The minimum atomic E-state index is -0.323. The quantitative estimate of drug-likeness (QED) is 0.838. The van der Waals surface area contributed by atoms with E-state index < -0.39 is 0 Å². The minimum absolute atomic E-state index is 0.178. The van der Waals surface area contributed by atoms with Gasteiger partial charge in [-0.2, -0.15) is 5.48 Å². The molecule has 0 unspecified atom stereocenters. The minimum Gasteiger partial charge on any atom is -0.496 e. The van der Waals surface area contributed by atoms with Crippen molar-refractivity contribution in [3.8, 4) is 5.75 Å². The number of methoxy groups -OCH3 is 1. The monoisotopic (exact) mass is 259 g/mol. The molecule has 0 saturated carbocycles. The first-order chi connectivity index (χ1) is 9.26. The highest BCUT2D eigenvalue weighted by Crippen LogP contribution is 2.28. The van der Waals surface area contributed by atoms with Crippen LogP contribution in [0.25, 0.3) is 10.8 Å². The van der Waals surface area contributed by atoms with Crippen molar-refractivity contribution in [1.29, 1.82) is 0 Å². The molecule has 0 aromatic heterocycles. The van der Waals surface area contributed by atoms with Crippen molar-refractivity contribution in [2.24, 2.45) is 0 Å². The summed E-state index contributed by atoms with van der Waals surface area (Å²) in [5.41, 5.74) is 3.41. The van der Waals surface area contributed by atoms with E-state index in [1.807, 2.05) is 43.3 Å². The number of ether oxygens (including phenoxy) is 1. The standard InChI is InChI=1S/C15H17NO3/c1-3-16-19-15(17)10-13-12-7-5-4-6-11(12)8-9-14(13)18-2/h4-9,16H,3,10H2,1-2H3. The second-order valence-corrected chi connectivity index (χ2v) is 4.12. The van der Waals surface area contributed by atoms with Crippen molar-refractivity contribution in [2.45, 2.75) is 13.3 Å². The number of nitrogens with one attached hydrogen (secondary N) is 1. The average molecular weight is 259 g/mol. The zero-order valence-electron chi connectivity index (χ0n) is 11.1. The first kappa shape index (κ1) is 13.4. The lowest BCUT2D eigenvalue weighted by molar-refractivity contribution is -0.150. The second kappa shape index (κ2) is 6.20. The highest BCUT2D eigenvalue weighted by Gasteiger charge is 2.13. The number of carbonyl (C=O) groups excluding carboxylic acids is 1. The molecule has 0 spiro atoms. The third-order valence-electron chi connectivity index (χ3n) is 2.87. The van der Waals surface area contributed by atoms with Crippen LogP contribution in [0.2, 0.25) is 0 Å². The maximum Gasteiger partial charge on any atom is 0.329 e. The van der Waals surface area contributed by atoms with E-state index in [1.165, 1.54) is 0 Å². The summed E-state index contributed by atoms with van der Waals surface area (Å²) in [5.74, 6) is 0.378. The van der Waals surface area contributed by atoms with Gasteiger partial charge in [-0.15, -0.1) is 0 Å². The van der Waals surface area contributed by atoms with Gasteiger partial charge < -0.3 is 9.57 Å². The summed E-state index contributed by atoms with van der Waals surface area (Å²) in [4.78, 5) is 16.6. The van der Waals surface area contributed by atoms with Crippen molar-refractivity contribution in [3.05, 3.63) is 42.0 Å². The van der Waals surface area contributed by atoms with Gasteiger partial charge in [-0.3, -0.25) is 4.79 Å². The van der Waals surface area contributed by atoms with Gasteiger partial charge in [0.1, 0.15) is 5.75 Å². The van der Waals surface area contributed by atoms with Gasteiger partial charge in [0.2, 0.25) is 0 Å². The van der Waals surface area contributed by atoms with Crippen LogP contribution in [0.5, 0.6) is 5.75 Å². The Morgan fingerprint density at radius 3 is 2.74 bits per heavy atom. The van der Waals surface area contributed by atoms with Crippen LogP contribution >= 0.6 is 0 Å². The molecule has 0 fully saturated rings. The summed E-state index contributed by atoms with van der Waals surface area (Å²) >= 11 is 0. The first-order valence-electron chi connectivity index (χ1n) is 6.23. The molecule has 0 saturated heterocycles. The summed E-state index contributed by atoms with van der Waals surface area (Å²) in [6.45, 7) is 2.45. The normalized spacial score (nSPS) is 10.4. The Morgan fingerprint density at radius 1 is 1.21 bits per heavy atom. The van der Waals surface area contributed by atoms with Crippen molar-refractivity contribution in [1.82, 2.24) is 5.48 Å². The highest BCUT2D eigenvalue weighted by molar-refractivity contribution is 5.91. The summed E-state index contributed by atoms with van der Waals surface area (Å²) in [6.07, 6.45) is 0.178. The fourth-order valence-corrected chi connectivity index (χ4v) is 2.02. The van der Waals surface area contributed by atoms with Gasteiger partial charge >= 0.3 is 5.97 Å². The Bertz CT molecular complexity index is 581. The molecule has 19 heavy (non-hydrogen) atoms. The Morgan fingerprint density at radius 2 is 2.00 bits per heavy atom. The van der Waals surface area contributed by atoms with Crippen LogP contribution in [-0.4, -0.2) is 19.6 Å². The average Bonchev–Trinajstić information content (AvgIpc) is 2.45. The molecule has 2 aromatic rings. The van der Waals surface area contributed by atoms with Gasteiger partial charge in [0.05, 0.1) is 13.5 Å². The van der Waals surface area contributed by atoms with Crippen LogP contribution in [0.15, 0.2) is 36.4 Å². The summed E-state index contributed by atoms with van der Waals surface area (Å²) in [5, 5.41) is 2.09.